The van der Waals surface area contributed by atoms with Crippen LogP contribution in [0.2, 0.25) is 0 Å². The fourth-order valence-corrected chi connectivity index (χ4v) is 3.38. The van der Waals surface area contributed by atoms with Crippen molar-refractivity contribution in [1.82, 2.24) is 24.8 Å². The first-order chi connectivity index (χ1) is 12.1. The van der Waals surface area contributed by atoms with Gasteiger partial charge in [-0.3, -0.25) is 9.59 Å². The van der Waals surface area contributed by atoms with Crippen molar-refractivity contribution in [2.75, 3.05) is 19.6 Å². The molecule has 0 bridgehead atoms. The number of nitrogens with zero attached hydrogens (tertiary/aromatic N) is 5. The van der Waals surface area contributed by atoms with Gasteiger partial charge in [0.2, 0.25) is 5.91 Å². The molecule has 7 heteroatoms. The Morgan fingerprint density at radius 2 is 2.16 bits per heavy atom. The average molecular weight is 339 g/mol. The monoisotopic (exact) mass is 339 g/mol. The third kappa shape index (κ3) is 3.14. The highest BCUT2D eigenvalue weighted by molar-refractivity contribution is 5.94. The van der Waals surface area contributed by atoms with Crippen LogP contribution in [0.15, 0.2) is 30.5 Å². The zero-order valence-electron chi connectivity index (χ0n) is 14.3. The SMILES string of the molecule is Cc1cccc(C(=O)N2CC(n3cc(CN4CCCC4=O)nn3)C2)c1. The van der Waals surface area contributed by atoms with E-state index in [0.29, 0.717) is 26.1 Å². The molecule has 2 amide bonds. The summed E-state index contributed by atoms with van der Waals surface area (Å²) >= 11 is 0. The summed E-state index contributed by atoms with van der Waals surface area (Å²) in [6.07, 6.45) is 3.45. The highest BCUT2D eigenvalue weighted by Crippen LogP contribution is 2.23. The number of rotatable bonds is 4. The summed E-state index contributed by atoms with van der Waals surface area (Å²) in [6, 6.07) is 7.81. The molecule has 2 aromatic rings. The first-order valence-electron chi connectivity index (χ1n) is 8.64. The van der Waals surface area contributed by atoms with Crippen molar-refractivity contribution in [2.45, 2.75) is 32.4 Å². The van der Waals surface area contributed by atoms with Crippen molar-refractivity contribution >= 4 is 11.8 Å². The zero-order valence-corrected chi connectivity index (χ0v) is 14.3. The second-order valence-corrected chi connectivity index (χ2v) is 6.84. The Kier molecular flexibility index (Phi) is 3.99. The quantitative estimate of drug-likeness (QED) is 0.844. The van der Waals surface area contributed by atoms with E-state index in [1.54, 1.807) is 0 Å². The van der Waals surface area contributed by atoms with Crippen LogP contribution in [0.5, 0.6) is 0 Å². The molecule has 25 heavy (non-hydrogen) atoms. The Labute approximate surface area is 146 Å². The molecule has 0 atom stereocenters. The number of amides is 2. The second-order valence-electron chi connectivity index (χ2n) is 6.84. The fraction of sp³-hybridized carbons (Fsp3) is 0.444. The van der Waals surface area contributed by atoms with E-state index in [9.17, 15) is 9.59 Å². The van der Waals surface area contributed by atoms with Crippen LogP contribution in [0.3, 0.4) is 0 Å². The normalized spacial score (nSPS) is 17.9. The predicted octanol–water partition coefficient (Wildman–Crippen LogP) is 1.41. The minimum Gasteiger partial charge on any atom is -0.337 e. The van der Waals surface area contributed by atoms with Crippen LogP contribution in [0.1, 0.15) is 40.5 Å². The van der Waals surface area contributed by atoms with Crippen LogP contribution in [-0.2, 0) is 11.3 Å². The summed E-state index contributed by atoms with van der Waals surface area (Å²) in [4.78, 5) is 27.8. The lowest BCUT2D eigenvalue weighted by Crippen LogP contribution is -2.50. The summed E-state index contributed by atoms with van der Waals surface area (Å²) in [6.45, 7) is 4.58. The molecule has 2 aliphatic heterocycles. The van der Waals surface area contributed by atoms with E-state index in [4.69, 9.17) is 0 Å². The van der Waals surface area contributed by atoms with Gasteiger partial charge < -0.3 is 9.80 Å². The van der Waals surface area contributed by atoms with Gasteiger partial charge in [-0.2, -0.15) is 0 Å². The van der Waals surface area contributed by atoms with Crippen molar-refractivity contribution in [3.63, 3.8) is 0 Å². The molecule has 3 heterocycles. The first kappa shape index (κ1) is 15.8. The largest absolute Gasteiger partial charge is 0.337 e. The number of aryl methyl sites for hydroxylation is 1. The van der Waals surface area contributed by atoms with Crippen LogP contribution in [0.4, 0.5) is 0 Å². The molecule has 4 rings (SSSR count). The van der Waals surface area contributed by atoms with Gasteiger partial charge in [-0.05, 0) is 25.5 Å². The number of hydrogen-bond donors (Lipinski definition) is 0. The molecule has 2 fully saturated rings. The van der Waals surface area contributed by atoms with Gasteiger partial charge in [0.25, 0.3) is 5.91 Å². The molecule has 0 radical (unpaired) electrons. The maximum atomic E-state index is 12.5. The minimum atomic E-state index is 0.0583. The molecule has 0 spiro atoms. The highest BCUT2D eigenvalue weighted by Gasteiger charge is 2.33. The highest BCUT2D eigenvalue weighted by atomic mass is 16.2. The molecule has 7 nitrogen and oxygen atoms in total. The maximum absolute atomic E-state index is 12.5. The van der Waals surface area contributed by atoms with Gasteiger partial charge in [-0.1, -0.05) is 22.9 Å². The molecule has 1 aromatic heterocycles. The molecular formula is C18H21N5O2. The van der Waals surface area contributed by atoms with Gasteiger partial charge in [0, 0.05) is 31.6 Å². The van der Waals surface area contributed by atoms with Gasteiger partial charge in [-0.15, -0.1) is 5.10 Å². The average Bonchev–Trinajstić information content (AvgIpc) is 3.16. The molecule has 2 aliphatic rings. The van der Waals surface area contributed by atoms with E-state index in [1.165, 1.54) is 0 Å². The molecule has 130 valence electrons. The molecule has 1 aromatic carbocycles. The number of benzene rings is 1. The smallest absolute Gasteiger partial charge is 0.254 e. The molecule has 0 N–H and O–H groups in total. The third-order valence-corrected chi connectivity index (χ3v) is 4.87. The lowest BCUT2D eigenvalue weighted by molar-refractivity contribution is -0.128. The summed E-state index contributed by atoms with van der Waals surface area (Å²) in [5, 5.41) is 8.35. The Morgan fingerprint density at radius 3 is 2.88 bits per heavy atom. The number of carbonyl (C=O) groups is 2. The number of carbonyl (C=O) groups excluding carboxylic acids is 2. The maximum Gasteiger partial charge on any atom is 0.254 e. The van der Waals surface area contributed by atoms with Gasteiger partial charge in [0.15, 0.2) is 0 Å². The van der Waals surface area contributed by atoms with Crippen molar-refractivity contribution in [2.24, 2.45) is 0 Å². The van der Waals surface area contributed by atoms with Crippen molar-refractivity contribution in [3.05, 3.63) is 47.3 Å². The molecule has 0 aliphatic carbocycles. The lowest BCUT2D eigenvalue weighted by Gasteiger charge is -2.38. The van der Waals surface area contributed by atoms with Crippen LogP contribution >= 0.6 is 0 Å². The van der Waals surface area contributed by atoms with Crippen LogP contribution in [0.25, 0.3) is 0 Å². The Bertz CT molecular complexity index is 809. The van der Waals surface area contributed by atoms with E-state index in [0.717, 1.165) is 29.8 Å². The zero-order chi connectivity index (χ0) is 17.4. The van der Waals surface area contributed by atoms with Crippen LogP contribution < -0.4 is 0 Å². The lowest BCUT2D eigenvalue weighted by atomic mass is 10.1. The minimum absolute atomic E-state index is 0.0583. The molecular weight excluding hydrogens is 318 g/mol. The summed E-state index contributed by atoms with van der Waals surface area (Å²) in [5.41, 5.74) is 2.62. The fourth-order valence-electron chi connectivity index (χ4n) is 3.38. The number of aromatic nitrogens is 3. The van der Waals surface area contributed by atoms with Crippen molar-refractivity contribution in [3.8, 4) is 0 Å². The number of hydrogen-bond acceptors (Lipinski definition) is 4. The van der Waals surface area contributed by atoms with Gasteiger partial charge in [0.1, 0.15) is 5.69 Å². The summed E-state index contributed by atoms with van der Waals surface area (Å²) < 4.78 is 1.82. The van der Waals surface area contributed by atoms with Crippen molar-refractivity contribution in [1.29, 1.82) is 0 Å². The Hall–Kier alpha value is -2.70. The van der Waals surface area contributed by atoms with E-state index in [1.807, 2.05) is 51.9 Å². The standard InChI is InChI=1S/C18H21N5O2/c1-13-4-2-5-14(8-13)18(25)22-11-16(12-22)23-10-15(19-20-23)9-21-7-3-6-17(21)24/h2,4-5,8,10,16H,3,6-7,9,11-12H2,1H3. The Morgan fingerprint density at radius 1 is 1.32 bits per heavy atom. The molecule has 2 saturated heterocycles. The second kappa shape index (κ2) is 6.31. The van der Waals surface area contributed by atoms with Crippen LogP contribution in [-0.4, -0.2) is 56.2 Å². The van der Waals surface area contributed by atoms with E-state index < -0.39 is 0 Å². The van der Waals surface area contributed by atoms with Crippen molar-refractivity contribution < 1.29 is 9.59 Å². The van der Waals surface area contributed by atoms with E-state index in [-0.39, 0.29) is 17.9 Å². The molecule has 0 unspecified atom stereocenters. The number of likely N-dealkylation sites (tertiary alicyclic amines) is 2. The molecule has 0 saturated carbocycles. The van der Waals surface area contributed by atoms with E-state index >= 15 is 0 Å². The van der Waals surface area contributed by atoms with Gasteiger partial charge >= 0.3 is 0 Å². The first-order valence-corrected chi connectivity index (χ1v) is 8.64. The summed E-state index contributed by atoms with van der Waals surface area (Å²) in [7, 11) is 0. The van der Waals surface area contributed by atoms with E-state index in [2.05, 4.69) is 10.3 Å². The Balaban J connectivity index is 1.35. The van der Waals surface area contributed by atoms with Gasteiger partial charge in [0.05, 0.1) is 18.8 Å². The third-order valence-electron chi connectivity index (χ3n) is 4.87. The predicted molar refractivity (Wildman–Crippen MR) is 90.8 cm³/mol. The topological polar surface area (TPSA) is 71.3 Å². The van der Waals surface area contributed by atoms with Gasteiger partial charge in [-0.25, -0.2) is 4.68 Å². The van der Waals surface area contributed by atoms with Crippen LogP contribution in [0, 0.1) is 6.92 Å². The summed E-state index contributed by atoms with van der Waals surface area (Å²) in [5.74, 6) is 0.246.